The van der Waals surface area contributed by atoms with E-state index in [0.717, 1.165) is 17.7 Å². The maximum Gasteiger partial charge on any atom is 0.251 e. The van der Waals surface area contributed by atoms with Gasteiger partial charge in [-0.2, -0.15) is 0 Å². The van der Waals surface area contributed by atoms with E-state index in [-0.39, 0.29) is 18.3 Å². The average molecular weight is 328 g/mol. The number of rotatable bonds is 4. The van der Waals surface area contributed by atoms with Gasteiger partial charge in [-0.25, -0.2) is 4.39 Å². The number of β-amino-alcohol motifs (C(OH)–C–C–N with tert-alkyl or cyclic N) is 1. The van der Waals surface area contributed by atoms with E-state index in [1.54, 1.807) is 36.4 Å². The van der Waals surface area contributed by atoms with Gasteiger partial charge in [0.2, 0.25) is 0 Å². The zero-order chi connectivity index (χ0) is 17.2. The van der Waals surface area contributed by atoms with Crippen LogP contribution in [0.3, 0.4) is 0 Å². The highest BCUT2D eigenvalue weighted by Gasteiger charge is 2.31. The first kappa shape index (κ1) is 16.6. The molecule has 3 rings (SSSR count). The maximum atomic E-state index is 13.9. The number of nitrogens with one attached hydrogen (secondary N) is 2. The monoisotopic (exact) mass is 328 g/mol. The van der Waals surface area contributed by atoms with Crippen LogP contribution in [0.2, 0.25) is 0 Å². The zero-order valence-corrected chi connectivity index (χ0v) is 13.6. The first-order chi connectivity index (χ1) is 11.5. The number of hydrogen-bond acceptors (Lipinski definition) is 3. The number of aliphatic hydroxyl groups is 1. The smallest absolute Gasteiger partial charge is 0.251 e. The predicted octanol–water partition coefficient (Wildman–Crippen LogP) is 2.26. The molecule has 4 nitrogen and oxygen atoms in total. The van der Waals surface area contributed by atoms with Gasteiger partial charge in [0, 0.05) is 24.2 Å². The molecule has 0 radical (unpaired) electrons. The third-order valence-corrected chi connectivity index (χ3v) is 4.38. The van der Waals surface area contributed by atoms with Gasteiger partial charge in [0.1, 0.15) is 5.82 Å². The summed E-state index contributed by atoms with van der Waals surface area (Å²) in [7, 11) is 0. The van der Waals surface area contributed by atoms with Gasteiger partial charge in [-0.15, -0.1) is 0 Å². The van der Waals surface area contributed by atoms with Crippen molar-refractivity contribution in [2.45, 2.75) is 18.9 Å². The SMILES string of the molecule is Cc1ccc(F)c(-c2ccc(C(=O)NC[C@]3(O)CCNC3)cc2)c1. The first-order valence-electron chi connectivity index (χ1n) is 8.05. The molecule has 5 heteroatoms. The Morgan fingerprint density at radius 2 is 2.04 bits per heavy atom. The largest absolute Gasteiger partial charge is 0.387 e. The standard InChI is InChI=1S/C19H21FN2O2/c1-13-2-7-17(20)16(10-13)14-3-5-15(6-4-14)18(23)22-12-19(24)8-9-21-11-19/h2-7,10,21,24H,8-9,11-12H2,1H3,(H,22,23)/t19-/m0/s1. The summed E-state index contributed by atoms with van der Waals surface area (Å²) in [5.41, 5.74) is 1.84. The van der Waals surface area contributed by atoms with Crippen LogP contribution in [0.5, 0.6) is 0 Å². The minimum absolute atomic E-state index is 0.215. The third-order valence-electron chi connectivity index (χ3n) is 4.38. The summed E-state index contributed by atoms with van der Waals surface area (Å²) in [6, 6.07) is 11.8. The highest BCUT2D eigenvalue weighted by atomic mass is 19.1. The number of carbonyl (C=O) groups excluding carboxylic acids is 1. The first-order valence-corrected chi connectivity index (χ1v) is 8.05. The van der Waals surface area contributed by atoms with Crippen molar-refractivity contribution >= 4 is 5.91 Å². The van der Waals surface area contributed by atoms with Gasteiger partial charge < -0.3 is 15.7 Å². The molecular weight excluding hydrogens is 307 g/mol. The molecule has 1 aliphatic heterocycles. The predicted molar refractivity (Wildman–Crippen MR) is 91.3 cm³/mol. The van der Waals surface area contributed by atoms with E-state index in [1.807, 2.05) is 6.92 Å². The fraction of sp³-hybridized carbons (Fsp3) is 0.316. The fourth-order valence-corrected chi connectivity index (χ4v) is 2.89. The van der Waals surface area contributed by atoms with E-state index in [4.69, 9.17) is 0 Å². The van der Waals surface area contributed by atoms with Crippen molar-refractivity contribution < 1.29 is 14.3 Å². The van der Waals surface area contributed by atoms with Gasteiger partial charge in [-0.3, -0.25) is 4.79 Å². The van der Waals surface area contributed by atoms with Gasteiger partial charge in [0.25, 0.3) is 5.91 Å². The summed E-state index contributed by atoms with van der Waals surface area (Å²) in [5, 5.41) is 16.1. The Hall–Kier alpha value is -2.24. The van der Waals surface area contributed by atoms with Gasteiger partial charge in [-0.05, 0) is 49.7 Å². The van der Waals surface area contributed by atoms with Crippen molar-refractivity contribution in [2.75, 3.05) is 19.6 Å². The van der Waals surface area contributed by atoms with E-state index in [9.17, 15) is 14.3 Å². The molecule has 1 saturated heterocycles. The Bertz CT molecular complexity index is 738. The highest BCUT2D eigenvalue weighted by Crippen LogP contribution is 2.24. The summed E-state index contributed by atoms with van der Waals surface area (Å²) < 4.78 is 13.9. The molecule has 0 aromatic heterocycles. The van der Waals surface area contributed by atoms with Crippen LogP contribution in [0.1, 0.15) is 22.3 Å². The van der Waals surface area contributed by atoms with Crippen LogP contribution in [0, 0.1) is 12.7 Å². The van der Waals surface area contributed by atoms with Crippen molar-refractivity contribution in [1.82, 2.24) is 10.6 Å². The minimum Gasteiger partial charge on any atom is -0.387 e. The lowest BCUT2D eigenvalue weighted by Gasteiger charge is -2.21. The molecule has 1 amide bonds. The molecule has 2 aromatic carbocycles. The molecule has 0 saturated carbocycles. The van der Waals surface area contributed by atoms with Crippen LogP contribution < -0.4 is 10.6 Å². The van der Waals surface area contributed by atoms with Crippen molar-refractivity contribution in [3.8, 4) is 11.1 Å². The third kappa shape index (κ3) is 3.63. The van der Waals surface area contributed by atoms with E-state index in [0.29, 0.717) is 24.1 Å². The Balaban J connectivity index is 1.69. The van der Waals surface area contributed by atoms with Crippen LogP contribution in [0.15, 0.2) is 42.5 Å². The second-order valence-electron chi connectivity index (χ2n) is 6.39. The van der Waals surface area contributed by atoms with Crippen LogP contribution in [-0.4, -0.2) is 36.2 Å². The van der Waals surface area contributed by atoms with E-state index >= 15 is 0 Å². The topological polar surface area (TPSA) is 61.4 Å². The number of hydrogen-bond donors (Lipinski definition) is 3. The van der Waals surface area contributed by atoms with Crippen molar-refractivity contribution in [2.24, 2.45) is 0 Å². The van der Waals surface area contributed by atoms with Crippen LogP contribution >= 0.6 is 0 Å². The molecule has 24 heavy (non-hydrogen) atoms. The molecule has 1 heterocycles. The molecule has 0 unspecified atom stereocenters. The molecule has 1 atom stereocenters. The Labute approximate surface area is 140 Å². The zero-order valence-electron chi connectivity index (χ0n) is 13.6. The van der Waals surface area contributed by atoms with Crippen LogP contribution in [0.4, 0.5) is 4.39 Å². The number of benzene rings is 2. The summed E-state index contributed by atoms with van der Waals surface area (Å²) in [6.45, 7) is 3.36. The number of halogens is 1. The highest BCUT2D eigenvalue weighted by molar-refractivity contribution is 5.94. The lowest BCUT2D eigenvalue weighted by Crippen LogP contribution is -2.44. The Morgan fingerprint density at radius 3 is 2.71 bits per heavy atom. The fourth-order valence-electron chi connectivity index (χ4n) is 2.89. The Morgan fingerprint density at radius 1 is 1.29 bits per heavy atom. The van der Waals surface area contributed by atoms with Gasteiger partial charge in [-0.1, -0.05) is 23.8 Å². The maximum absolute atomic E-state index is 13.9. The molecule has 2 aromatic rings. The molecule has 0 spiro atoms. The molecule has 0 aliphatic carbocycles. The van der Waals surface area contributed by atoms with Crippen LogP contribution in [-0.2, 0) is 0 Å². The van der Waals surface area contributed by atoms with Gasteiger partial charge in [0.05, 0.1) is 5.60 Å². The molecule has 3 N–H and O–H groups in total. The van der Waals surface area contributed by atoms with Crippen LogP contribution in [0.25, 0.3) is 11.1 Å². The molecule has 126 valence electrons. The number of amides is 1. The normalized spacial score (nSPS) is 20.1. The minimum atomic E-state index is -0.875. The summed E-state index contributed by atoms with van der Waals surface area (Å²) >= 11 is 0. The van der Waals surface area contributed by atoms with Crippen molar-refractivity contribution in [3.05, 3.63) is 59.4 Å². The number of aryl methyl sites for hydroxylation is 1. The molecular formula is C19H21FN2O2. The molecule has 1 aliphatic rings. The van der Waals surface area contributed by atoms with Crippen molar-refractivity contribution in [1.29, 1.82) is 0 Å². The molecule has 0 bridgehead atoms. The lowest BCUT2D eigenvalue weighted by atomic mass is 10.0. The number of carbonyl (C=O) groups is 1. The van der Waals surface area contributed by atoms with E-state index in [1.165, 1.54) is 6.07 Å². The average Bonchev–Trinajstić information content (AvgIpc) is 3.02. The second kappa shape index (κ2) is 6.71. The lowest BCUT2D eigenvalue weighted by molar-refractivity contribution is 0.0562. The van der Waals surface area contributed by atoms with Gasteiger partial charge >= 0.3 is 0 Å². The summed E-state index contributed by atoms with van der Waals surface area (Å²) in [6.07, 6.45) is 0.624. The summed E-state index contributed by atoms with van der Waals surface area (Å²) in [5.74, 6) is -0.527. The quantitative estimate of drug-likeness (QED) is 0.807. The van der Waals surface area contributed by atoms with Crippen molar-refractivity contribution in [3.63, 3.8) is 0 Å². The van der Waals surface area contributed by atoms with E-state index < -0.39 is 5.60 Å². The summed E-state index contributed by atoms with van der Waals surface area (Å²) in [4.78, 5) is 12.2. The second-order valence-corrected chi connectivity index (χ2v) is 6.39. The Kier molecular flexibility index (Phi) is 4.64. The molecule has 1 fully saturated rings. The van der Waals surface area contributed by atoms with E-state index in [2.05, 4.69) is 10.6 Å². The van der Waals surface area contributed by atoms with Gasteiger partial charge in [0.15, 0.2) is 0 Å².